The van der Waals surface area contributed by atoms with E-state index in [2.05, 4.69) is 0 Å². The van der Waals surface area contributed by atoms with Crippen LogP contribution >= 0.6 is 23.1 Å². The Kier molecular flexibility index (Phi) is 4.83. The fraction of sp³-hybridized carbons (Fsp3) is 0.312. The summed E-state index contributed by atoms with van der Waals surface area (Å²) in [4.78, 5) is 15.3. The first kappa shape index (κ1) is 14.5. The van der Waals surface area contributed by atoms with Crippen LogP contribution in [0.3, 0.4) is 0 Å². The van der Waals surface area contributed by atoms with Crippen molar-refractivity contribution in [1.29, 1.82) is 0 Å². The quantitative estimate of drug-likeness (QED) is 0.800. The van der Waals surface area contributed by atoms with Gasteiger partial charge in [-0.25, -0.2) is 0 Å². The van der Waals surface area contributed by atoms with Crippen molar-refractivity contribution in [2.75, 3.05) is 18.8 Å². The van der Waals surface area contributed by atoms with Crippen molar-refractivity contribution >= 4 is 35.1 Å². The highest BCUT2D eigenvalue weighted by Crippen LogP contribution is 2.34. The second-order valence-electron chi connectivity index (χ2n) is 4.84. The molecule has 1 atom stereocenters. The zero-order chi connectivity index (χ0) is 14.5. The fourth-order valence-electron chi connectivity index (χ4n) is 2.34. The fourth-order valence-corrected chi connectivity index (χ4v) is 4.14. The van der Waals surface area contributed by atoms with E-state index in [0.717, 1.165) is 35.9 Å². The number of nitrogens with zero attached hydrogens (tertiary/aromatic N) is 1. The predicted octanol–water partition coefficient (Wildman–Crippen LogP) is 4.06. The SMILES string of the molecule is O=C(C=Cc1cccs1)N1CCSC(c2ccco2)CC1. The van der Waals surface area contributed by atoms with Crippen molar-refractivity contribution in [2.45, 2.75) is 11.7 Å². The first-order valence-corrected chi connectivity index (χ1v) is 8.91. The summed E-state index contributed by atoms with van der Waals surface area (Å²) < 4.78 is 5.48. The van der Waals surface area contributed by atoms with Crippen LogP contribution in [0.4, 0.5) is 0 Å². The van der Waals surface area contributed by atoms with Crippen LogP contribution in [0.5, 0.6) is 0 Å². The minimum atomic E-state index is 0.101. The molecule has 1 saturated heterocycles. The first-order chi connectivity index (χ1) is 10.3. The Balaban J connectivity index is 1.58. The average molecular weight is 319 g/mol. The van der Waals surface area contributed by atoms with E-state index in [-0.39, 0.29) is 5.91 Å². The highest BCUT2D eigenvalue weighted by molar-refractivity contribution is 7.99. The van der Waals surface area contributed by atoms with Gasteiger partial charge in [0.1, 0.15) is 5.76 Å². The van der Waals surface area contributed by atoms with Crippen LogP contribution < -0.4 is 0 Å². The van der Waals surface area contributed by atoms with Gasteiger partial charge in [-0.15, -0.1) is 23.1 Å². The van der Waals surface area contributed by atoms with E-state index in [1.807, 2.05) is 52.4 Å². The zero-order valence-corrected chi connectivity index (χ0v) is 13.2. The van der Waals surface area contributed by atoms with Gasteiger partial charge in [-0.3, -0.25) is 4.79 Å². The van der Waals surface area contributed by atoms with Gasteiger partial charge in [-0.1, -0.05) is 6.07 Å². The Labute approximate surface area is 132 Å². The smallest absolute Gasteiger partial charge is 0.246 e. The van der Waals surface area contributed by atoms with Gasteiger partial charge in [0.15, 0.2) is 0 Å². The number of furan rings is 1. The molecule has 0 radical (unpaired) electrons. The van der Waals surface area contributed by atoms with Crippen molar-refractivity contribution in [1.82, 2.24) is 4.90 Å². The maximum absolute atomic E-state index is 12.3. The summed E-state index contributed by atoms with van der Waals surface area (Å²) >= 11 is 3.51. The van der Waals surface area contributed by atoms with Crippen LogP contribution in [0.25, 0.3) is 6.08 Å². The number of hydrogen-bond donors (Lipinski definition) is 0. The molecule has 1 aliphatic heterocycles. The lowest BCUT2D eigenvalue weighted by molar-refractivity contribution is -0.125. The molecule has 1 amide bonds. The van der Waals surface area contributed by atoms with Gasteiger partial charge in [0, 0.05) is 29.8 Å². The lowest BCUT2D eigenvalue weighted by Crippen LogP contribution is -2.31. The Morgan fingerprint density at radius 1 is 1.33 bits per heavy atom. The van der Waals surface area contributed by atoms with Gasteiger partial charge in [0.2, 0.25) is 5.91 Å². The third kappa shape index (κ3) is 3.80. The molecule has 5 heteroatoms. The normalized spacial score (nSPS) is 19.8. The highest BCUT2D eigenvalue weighted by atomic mass is 32.2. The van der Waals surface area contributed by atoms with Gasteiger partial charge in [-0.05, 0) is 36.1 Å². The molecular weight excluding hydrogens is 302 g/mol. The number of amides is 1. The average Bonchev–Trinajstić information content (AvgIpc) is 3.15. The van der Waals surface area contributed by atoms with E-state index < -0.39 is 0 Å². The third-order valence-electron chi connectivity index (χ3n) is 3.45. The monoisotopic (exact) mass is 319 g/mol. The number of carbonyl (C=O) groups is 1. The van der Waals surface area contributed by atoms with Gasteiger partial charge < -0.3 is 9.32 Å². The Bertz CT molecular complexity index is 590. The number of thioether (sulfide) groups is 1. The summed E-state index contributed by atoms with van der Waals surface area (Å²) in [7, 11) is 0. The minimum Gasteiger partial charge on any atom is -0.468 e. The molecule has 2 aromatic rings. The molecule has 0 N–H and O–H groups in total. The molecule has 0 spiro atoms. The second kappa shape index (κ2) is 7.00. The van der Waals surface area contributed by atoms with E-state index >= 15 is 0 Å². The molecule has 21 heavy (non-hydrogen) atoms. The summed E-state index contributed by atoms with van der Waals surface area (Å²) in [6.45, 7) is 1.58. The Hall–Kier alpha value is -1.46. The van der Waals surface area contributed by atoms with Crippen molar-refractivity contribution in [2.24, 2.45) is 0 Å². The van der Waals surface area contributed by atoms with Gasteiger partial charge in [0.25, 0.3) is 0 Å². The molecule has 0 saturated carbocycles. The summed E-state index contributed by atoms with van der Waals surface area (Å²) in [5.41, 5.74) is 0. The molecule has 110 valence electrons. The molecule has 1 fully saturated rings. The predicted molar refractivity (Wildman–Crippen MR) is 88.5 cm³/mol. The lowest BCUT2D eigenvalue weighted by atomic mass is 10.2. The van der Waals surface area contributed by atoms with E-state index in [1.54, 1.807) is 23.7 Å². The lowest BCUT2D eigenvalue weighted by Gasteiger charge is -2.18. The summed E-state index contributed by atoms with van der Waals surface area (Å²) in [5.74, 6) is 2.07. The molecule has 1 aliphatic rings. The molecule has 0 aromatic carbocycles. The van der Waals surface area contributed by atoms with Crippen molar-refractivity contribution < 1.29 is 9.21 Å². The number of rotatable bonds is 3. The summed E-state index contributed by atoms with van der Waals surface area (Å²) in [6.07, 6.45) is 6.24. The van der Waals surface area contributed by atoms with Gasteiger partial charge in [0.05, 0.1) is 11.5 Å². The third-order valence-corrected chi connectivity index (χ3v) is 5.57. The van der Waals surface area contributed by atoms with Crippen LogP contribution in [0.1, 0.15) is 22.3 Å². The van der Waals surface area contributed by atoms with E-state index in [4.69, 9.17) is 4.42 Å². The van der Waals surface area contributed by atoms with Crippen LogP contribution in [0.2, 0.25) is 0 Å². The van der Waals surface area contributed by atoms with Crippen LogP contribution in [-0.4, -0.2) is 29.6 Å². The molecule has 3 rings (SSSR count). The number of hydrogen-bond acceptors (Lipinski definition) is 4. The standard InChI is InChI=1S/C16H17NO2S2/c18-16(6-5-13-3-2-11-20-13)17-8-7-15(21-12-9-17)14-4-1-10-19-14/h1-6,10-11,15H,7-9,12H2. The van der Waals surface area contributed by atoms with Crippen molar-refractivity contribution in [3.05, 3.63) is 52.6 Å². The molecule has 2 aromatic heterocycles. The van der Waals surface area contributed by atoms with Crippen molar-refractivity contribution in [3.63, 3.8) is 0 Å². The highest BCUT2D eigenvalue weighted by Gasteiger charge is 2.22. The topological polar surface area (TPSA) is 33.5 Å². The Morgan fingerprint density at radius 3 is 3.05 bits per heavy atom. The largest absolute Gasteiger partial charge is 0.468 e. The molecule has 1 unspecified atom stereocenters. The van der Waals surface area contributed by atoms with Crippen LogP contribution in [-0.2, 0) is 4.79 Å². The van der Waals surface area contributed by atoms with Gasteiger partial charge in [-0.2, -0.15) is 0 Å². The summed E-state index contributed by atoms with van der Waals surface area (Å²) in [5, 5.41) is 2.37. The van der Waals surface area contributed by atoms with Crippen LogP contribution in [0, 0.1) is 0 Å². The maximum Gasteiger partial charge on any atom is 0.246 e. The summed E-state index contributed by atoms with van der Waals surface area (Å²) in [6, 6.07) is 7.95. The van der Waals surface area contributed by atoms with E-state index in [0.29, 0.717) is 5.25 Å². The Morgan fingerprint density at radius 2 is 2.29 bits per heavy atom. The molecule has 3 heterocycles. The second-order valence-corrected chi connectivity index (χ2v) is 7.13. The van der Waals surface area contributed by atoms with Gasteiger partial charge >= 0.3 is 0 Å². The number of thiophene rings is 1. The maximum atomic E-state index is 12.3. The first-order valence-electron chi connectivity index (χ1n) is 6.98. The van der Waals surface area contributed by atoms with E-state index in [1.165, 1.54) is 0 Å². The van der Waals surface area contributed by atoms with E-state index in [9.17, 15) is 4.79 Å². The minimum absolute atomic E-state index is 0.101. The zero-order valence-electron chi connectivity index (χ0n) is 11.6. The van der Waals surface area contributed by atoms with Crippen molar-refractivity contribution in [3.8, 4) is 0 Å². The molecule has 3 nitrogen and oxygen atoms in total. The van der Waals surface area contributed by atoms with Crippen LogP contribution in [0.15, 0.2) is 46.4 Å². The molecular formula is C16H17NO2S2. The molecule has 0 aliphatic carbocycles. The molecule has 0 bridgehead atoms. The number of carbonyl (C=O) groups excluding carboxylic acids is 1.